The fraction of sp³-hybridized carbons (Fsp3) is 0.333. The number of aliphatic imine (C=N–C) groups is 1. The van der Waals surface area contributed by atoms with Gasteiger partial charge in [0.25, 0.3) is 0 Å². The minimum atomic E-state index is -1.02. The normalized spacial score (nSPS) is 10.4. The largest absolute Gasteiger partial charge is 2.00 e. The zero-order valence-electron chi connectivity index (χ0n) is 11.1. The summed E-state index contributed by atoms with van der Waals surface area (Å²) in [6, 6.07) is 2.02. The second kappa shape index (κ2) is 10.4. The average molecular weight is 637 g/mol. The third-order valence-corrected chi connectivity index (χ3v) is 5.18. The number of carboxylic acids is 1. The Labute approximate surface area is 189 Å². The third kappa shape index (κ3) is 6.80. The minimum Gasteiger partial charge on any atom is -0.550 e. The van der Waals surface area contributed by atoms with Crippen molar-refractivity contribution in [3.05, 3.63) is 22.3 Å². The van der Waals surface area contributed by atoms with Gasteiger partial charge in [0, 0.05) is 30.8 Å². The van der Waals surface area contributed by atoms with Crippen LogP contribution >= 0.6 is 67.8 Å². The van der Waals surface area contributed by atoms with Crippen molar-refractivity contribution in [2.24, 2.45) is 4.99 Å². The van der Waals surface area contributed by atoms with Crippen LogP contribution in [0.4, 0.5) is 5.69 Å². The smallest absolute Gasteiger partial charge is 0.550 e. The fourth-order valence-electron chi connectivity index (χ4n) is 1.37. The topological polar surface area (TPSA) is 55.7 Å². The molecule has 0 spiro atoms. The molecule has 0 atom stereocenters. The summed E-state index contributed by atoms with van der Waals surface area (Å²) in [5, 5.41) is 10.6. The summed E-state index contributed by atoms with van der Waals surface area (Å²) in [7, 11) is 3.82. The third-order valence-electron chi connectivity index (χ3n) is 2.24. The van der Waals surface area contributed by atoms with Gasteiger partial charge in [0.05, 0.1) is 12.0 Å². The van der Waals surface area contributed by atoms with Crippen LogP contribution in [0, 0.1) is 10.7 Å². The molecule has 0 bridgehead atoms. The van der Waals surface area contributed by atoms with E-state index in [4.69, 9.17) is 0 Å². The molecule has 20 heavy (non-hydrogen) atoms. The van der Waals surface area contributed by atoms with Gasteiger partial charge in [-0.15, -0.1) is 0 Å². The zero-order valence-corrected chi connectivity index (χ0v) is 19.8. The van der Waals surface area contributed by atoms with Crippen LogP contribution in [0.2, 0.25) is 0 Å². The standard InChI is InChI=1S/C12H13I3N2O2.Ca/c1-17(2)6-16-12-9(14)5-8(13)7(11(12)15)3-4-10(18)19;/h5-6H,3-4H2,1-2H3,(H,18,19);/q;+2/p-1. The van der Waals surface area contributed by atoms with E-state index in [0.717, 1.165) is 22.0 Å². The van der Waals surface area contributed by atoms with Crippen LogP contribution in [0.25, 0.3) is 0 Å². The molecule has 0 aliphatic heterocycles. The summed E-state index contributed by atoms with van der Waals surface area (Å²) in [6.45, 7) is 0. The van der Waals surface area contributed by atoms with Crippen molar-refractivity contribution in [1.29, 1.82) is 0 Å². The van der Waals surface area contributed by atoms with Gasteiger partial charge in [-0.1, -0.05) is 0 Å². The average Bonchev–Trinajstić information content (AvgIpc) is 2.27. The van der Waals surface area contributed by atoms with Gasteiger partial charge in [0.1, 0.15) is 0 Å². The van der Waals surface area contributed by atoms with Crippen LogP contribution in [-0.2, 0) is 11.2 Å². The van der Waals surface area contributed by atoms with Crippen LogP contribution in [0.1, 0.15) is 12.0 Å². The Bertz CT molecular complexity index is 522. The first-order valence-electron chi connectivity index (χ1n) is 5.39. The van der Waals surface area contributed by atoms with Crippen LogP contribution in [0.5, 0.6) is 0 Å². The van der Waals surface area contributed by atoms with E-state index in [0.29, 0.717) is 6.42 Å². The quantitative estimate of drug-likeness (QED) is 0.215. The van der Waals surface area contributed by atoms with Crippen molar-refractivity contribution >= 4 is 124 Å². The van der Waals surface area contributed by atoms with Crippen molar-refractivity contribution in [2.75, 3.05) is 14.1 Å². The Morgan fingerprint density at radius 3 is 2.45 bits per heavy atom. The first-order valence-corrected chi connectivity index (χ1v) is 8.63. The van der Waals surface area contributed by atoms with Crippen LogP contribution < -0.4 is 5.11 Å². The van der Waals surface area contributed by atoms with Gasteiger partial charge >= 0.3 is 37.7 Å². The molecule has 0 saturated carbocycles. The zero-order chi connectivity index (χ0) is 14.6. The number of carbonyl (C=O) groups is 1. The number of carbonyl (C=O) groups excluding carboxylic acids is 1. The molecule has 1 aromatic rings. The number of carboxylic acid groups (broad SMARTS) is 1. The van der Waals surface area contributed by atoms with E-state index in [2.05, 4.69) is 72.8 Å². The molecule has 0 N–H and O–H groups in total. The van der Waals surface area contributed by atoms with Crippen molar-refractivity contribution in [3.8, 4) is 0 Å². The molecule has 4 nitrogen and oxygen atoms in total. The summed E-state index contributed by atoms with van der Waals surface area (Å²) in [6.07, 6.45) is 2.25. The first kappa shape index (κ1) is 21.6. The van der Waals surface area contributed by atoms with E-state index >= 15 is 0 Å². The summed E-state index contributed by atoms with van der Waals surface area (Å²) in [5.41, 5.74) is 1.92. The maximum atomic E-state index is 10.6. The van der Waals surface area contributed by atoms with Gasteiger partial charge < -0.3 is 14.8 Å². The molecule has 0 fully saturated rings. The SMILES string of the molecule is CN(C)C=Nc1c(I)cc(I)c(CCC(=O)[O-])c1I.[Ca+2]. The fourth-order valence-corrected chi connectivity index (χ4v) is 5.56. The first-order chi connectivity index (χ1) is 8.82. The van der Waals surface area contributed by atoms with E-state index in [1.54, 1.807) is 6.34 Å². The minimum absolute atomic E-state index is 0. The Morgan fingerprint density at radius 1 is 1.35 bits per heavy atom. The van der Waals surface area contributed by atoms with Crippen molar-refractivity contribution in [1.82, 2.24) is 4.90 Å². The maximum absolute atomic E-state index is 10.6. The summed E-state index contributed by atoms with van der Waals surface area (Å²) in [5.74, 6) is -1.02. The van der Waals surface area contributed by atoms with E-state index in [-0.39, 0.29) is 44.2 Å². The molecular weight excluding hydrogens is 625 g/mol. The number of hydrogen-bond acceptors (Lipinski definition) is 3. The Hall–Kier alpha value is 1.61. The molecule has 0 aliphatic rings. The predicted octanol–water partition coefficient (Wildman–Crippen LogP) is 2.02. The van der Waals surface area contributed by atoms with Crippen LogP contribution in [0.15, 0.2) is 11.1 Å². The van der Waals surface area contributed by atoms with Crippen LogP contribution in [0.3, 0.4) is 0 Å². The second-order valence-corrected chi connectivity index (χ2v) is 7.46. The molecule has 0 radical (unpaired) electrons. The molecular formula is C12H12CaI3N2O2+. The molecule has 8 heteroatoms. The number of aliphatic carboxylic acids is 1. The number of benzene rings is 1. The Morgan fingerprint density at radius 2 is 1.95 bits per heavy atom. The molecule has 0 unspecified atom stereocenters. The second-order valence-electron chi connectivity index (χ2n) is 4.06. The van der Waals surface area contributed by atoms with Crippen molar-refractivity contribution in [3.63, 3.8) is 0 Å². The molecule has 0 aromatic heterocycles. The van der Waals surface area contributed by atoms with E-state index < -0.39 is 5.97 Å². The van der Waals surface area contributed by atoms with E-state index in [1.165, 1.54) is 0 Å². The van der Waals surface area contributed by atoms with Gasteiger partial charge in [-0.2, -0.15) is 0 Å². The molecule has 0 aliphatic carbocycles. The van der Waals surface area contributed by atoms with Gasteiger partial charge in [0.2, 0.25) is 0 Å². The molecule has 0 saturated heterocycles. The molecule has 0 amide bonds. The maximum Gasteiger partial charge on any atom is 2.00 e. The molecule has 1 aromatic carbocycles. The number of halogens is 3. The van der Waals surface area contributed by atoms with E-state index in [1.807, 2.05) is 25.1 Å². The van der Waals surface area contributed by atoms with E-state index in [9.17, 15) is 9.90 Å². The molecule has 1 rings (SSSR count). The number of rotatable bonds is 5. The summed E-state index contributed by atoms with van der Waals surface area (Å²) < 4.78 is 3.13. The van der Waals surface area contributed by atoms with Crippen LogP contribution in [-0.4, -0.2) is 69.0 Å². The van der Waals surface area contributed by atoms with Gasteiger partial charge in [-0.05, 0) is 92.2 Å². The Kier molecular flexibility index (Phi) is 11.2. The monoisotopic (exact) mass is 637 g/mol. The summed E-state index contributed by atoms with van der Waals surface area (Å²) >= 11 is 6.71. The number of hydrogen-bond donors (Lipinski definition) is 0. The number of nitrogens with zero attached hydrogens (tertiary/aromatic N) is 2. The Balaban J connectivity index is 0.00000361. The van der Waals surface area contributed by atoms with Gasteiger partial charge in [0.15, 0.2) is 0 Å². The molecule has 104 valence electrons. The van der Waals surface area contributed by atoms with Gasteiger partial charge in [-0.25, -0.2) is 4.99 Å². The van der Waals surface area contributed by atoms with Gasteiger partial charge in [-0.3, -0.25) is 0 Å². The predicted molar refractivity (Wildman–Crippen MR) is 106 cm³/mol. The van der Waals surface area contributed by atoms with Crippen molar-refractivity contribution < 1.29 is 9.90 Å². The summed E-state index contributed by atoms with van der Waals surface area (Å²) in [4.78, 5) is 16.9. The molecule has 0 heterocycles. The van der Waals surface area contributed by atoms with Crippen molar-refractivity contribution in [2.45, 2.75) is 12.8 Å².